The van der Waals surface area contributed by atoms with E-state index in [0.717, 1.165) is 16.7 Å². The molecule has 3 nitrogen and oxygen atoms in total. The minimum absolute atomic E-state index is 0.622. The summed E-state index contributed by atoms with van der Waals surface area (Å²) in [4.78, 5) is 4.14. The van der Waals surface area contributed by atoms with Gasteiger partial charge in [0.15, 0.2) is 0 Å². The van der Waals surface area contributed by atoms with Crippen molar-refractivity contribution in [3.05, 3.63) is 52.6 Å². The fraction of sp³-hybridized carbons (Fsp3) is 0.154. The molecule has 2 rings (SSSR count). The standard InChI is InChI=1S/C13H13BrN2O/c1-17-13-7-6-11(9-16-13)15-8-10-4-2-3-5-12(10)14/h2-7,9,15H,8H2,1H3. The van der Waals surface area contributed by atoms with Gasteiger partial charge >= 0.3 is 0 Å². The third kappa shape index (κ3) is 3.20. The van der Waals surface area contributed by atoms with Gasteiger partial charge in [0.2, 0.25) is 5.88 Å². The molecule has 0 saturated carbocycles. The van der Waals surface area contributed by atoms with Crippen LogP contribution < -0.4 is 10.1 Å². The zero-order chi connectivity index (χ0) is 12.1. The molecule has 1 aromatic heterocycles. The maximum absolute atomic E-state index is 5.00. The van der Waals surface area contributed by atoms with Crippen molar-refractivity contribution in [2.75, 3.05) is 12.4 Å². The number of anilines is 1. The molecule has 0 radical (unpaired) electrons. The van der Waals surface area contributed by atoms with Crippen LogP contribution >= 0.6 is 15.9 Å². The Morgan fingerprint density at radius 2 is 2.06 bits per heavy atom. The van der Waals surface area contributed by atoms with E-state index >= 15 is 0 Å². The van der Waals surface area contributed by atoms with Gasteiger partial charge in [0.1, 0.15) is 0 Å². The van der Waals surface area contributed by atoms with Crippen LogP contribution in [0.3, 0.4) is 0 Å². The Labute approximate surface area is 109 Å². The molecular weight excluding hydrogens is 280 g/mol. The average Bonchev–Trinajstić information content (AvgIpc) is 2.38. The maximum atomic E-state index is 5.00. The van der Waals surface area contributed by atoms with Crippen LogP contribution in [0.1, 0.15) is 5.56 Å². The molecule has 0 unspecified atom stereocenters. The summed E-state index contributed by atoms with van der Waals surface area (Å²) in [6, 6.07) is 11.9. The van der Waals surface area contributed by atoms with Crippen molar-refractivity contribution in [3.63, 3.8) is 0 Å². The highest BCUT2D eigenvalue weighted by Crippen LogP contribution is 2.18. The van der Waals surface area contributed by atoms with Crippen molar-refractivity contribution in [2.45, 2.75) is 6.54 Å². The zero-order valence-corrected chi connectivity index (χ0v) is 11.1. The van der Waals surface area contributed by atoms with Gasteiger partial charge in [-0.3, -0.25) is 0 Å². The van der Waals surface area contributed by atoms with Crippen LogP contribution in [0.15, 0.2) is 47.1 Å². The van der Waals surface area contributed by atoms with Crippen LogP contribution in [0.5, 0.6) is 5.88 Å². The van der Waals surface area contributed by atoms with E-state index in [9.17, 15) is 0 Å². The monoisotopic (exact) mass is 292 g/mol. The summed E-state index contributed by atoms with van der Waals surface area (Å²) in [5, 5.41) is 3.31. The van der Waals surface area contributed by atoms with Crippen LogP contribution in [0.2, 0.25) is 0 Å². The molecule has 0 amide bonds. The highest BCUT2D eigenvalue weighted by Gasteiger charge is 1.99. The number of ether oxygens (including phenoxy) is 1. The third-order valence-corrected chi connectivity index (χ3v) is 3.16. The largest absolute Gasteiger partial charge is 0.481 e. The lowest BCUT2D eigenvalue weighted by Crippen LogP contribution is -2.00. The summed E-state index contributed by atoms with van der Waals surface area (Å²) in [5.74, 6) is 0.622. The van der Waals surface area contributed by atoms with Crippen molar-refractivity contribution in [1.29, 1.82) is 0 Å². The van der Waals surface area contributed by atoms with Crippen molar-refractivity contribution in [2.24, 2.45) is 0 Å². The van der Waals surface area contributed by atoms with E-state index in [-0.39, 0.29) is 0 Å². The second kappa shape index (κ2) is 5.68. The minimum Gasteiger partial charge on any atom is -0.481 e. The fourth-order valence-electron chi connectivity index (χ4n) is 1.44. The summed E-state index contributed by atoms with van der Waals surface area (Å²) in [6.45, 7) is 0.759. The molecule has 0 saturated heterocycles. The zero-order valence-electron chi connectivity index (χ0n) is 9.48. The molecule has 2 aromatic rings. The van der Waals surface area contributed by atoms with Crippen LogP contribution in [0.25, 0.3) is 0 Å². The number of nitrogens with zero attached hydrogens (tertiary/aromatic N) is 1. The molecule has 0 aliphatic carbocycles. The van der Waals surface area contributed by atoms with Crippen molar-refractivity contribution in [1.82, 2.24) is 4.98 Å². The minimum atomic E-state index is 0.622. The van der Waals surface area contributed by atoms with E-state index in [0.29, 0.717) is 5.88 Å². The molecule has 0 atom stereocenters. The molecule has 1 heterocycles. The van der Waals surface area contributed by atoms with E-state index in [1.54, 1.807) is 13.3 Å². The van der Waals surface area contributed by atoms with Gasteiger partial charge in [-0.15, -0.1) is 0 Å². The molecule has 0 bridgehead atoms. The fourth-order valence-corrected chi connectivity index (χ4v) is 1.87. The van der Waals surface area contributed by atoms with Crippen molar-refractivity contribution >= 4 is 21.6 Å². The van der Waals surface area contributed by atoms with Gasteiger partial charge in [0.25, 0.3) is 0 Å². The molecule has 0 aliphatic rings. The van der Waals surface area contributed by atoms with E-state index in [1.165, 1.54) is 5.56 Å². The summed E-state index contributed by atoms with van der Waals surface area (Å²) in [7, 11) is 1.61. The summed E-state index contributed by atoms with van der Waals surface area (Å²) < 4.78 is 6.11. The Morgan fingerprint density at radius 1 is 1.24 bits per heavy atom. The van der Waals surface area contributed by atoms with Gasteiger partial charge in [-0.05, 0) is 17.7 Å². The number of benzene rings is 1. The van der Waals surface area contributed by atoms with Gasteiger partial charge < -0.3 is 10.1 Å². The predicted octanol–water partition coefficient (Wildman–Crippen LogP) is 3.46. The molecule has 1 N–H and O–H groups in total. The summed E-state index contributed by atoms with van der Waals surface area (Å²) in [5.41, 5.74) is 2.19. The molecule has 4 heteroatoms. The molecular formula is C13H13BrN2O. The van der Waals surface area contributed by atoms with Gasteiger partial charge in [-0.25, -0.2) is 4.98 Å². The molecule has 17 heavy (non-hydrogen) atoms. The van der Waals surface area contributed by atoms with E-state index in [4.69, 9.17) is 4.74 Å². The van der Waals surface area contributed by atoms with Crippen LogP contribution in [0.4, 0.5) is 5.69 Å². The first-order chi connectivity index (χ1) is 8.29. The molecule has 0 aliphatic heterocycles. The molecule has 0 spiro atoms. The first-order valence-corrected chi connectivity index (χ1v) is 6.06. The highest BCUT2D eigenvalue weighted by atomic mass is 79.9. The quantitative estimate of drug-likeness (QED) is 0.937. The Kier molecular flexibility index (Phi) is 3.98. The average molecular weight is 293 g/mol. The van der Waals surface area contributed by atoms with Gasteiger partial charge in [-0.1, -0.05) is 34.1 Å². The molecule has 1 aromatic carbocycles. The smallest absolute Gasteiger partial charge is 0.213 e. The molecule has 0 fully saturated rings. The van der Waals surface area contributed by atoms with Gasteiger partial charge in [-0.2, -0.15) is 0 Å². The first kappa shape index (κ1) is 11.9. The Balaban J connectivity index is 2.00. The van der Waals surface area contributed by atoms with Gasteiger partial charge in [0.05, 0.1) is 19.0 Å². The van der Waals surface area contributed by atoms with Crippen molar-refractivity contribution < 1.29 is 4.74 Å². The third-order valence-electron chi connectivity index (χ3n) is 2.39. The molecule has 88 valence electrons. The maximum Gasteiger partial charge on any atom is 0.213 e. The van der Waals surface area contributed by atoms with E-state index in [2.05, 4.69) is 32.3 Å². The van der Waals surface area contributed by atoms with E-state index < -0.39 is 0 Å². The predicted molar refractivity (Wildman–Crippen MR) is 72.3 cm³/mol. The first-order valence-electron chi connectivity index (χ1n) is 5.27. The number of halogens is 1. The number of aromatic nitrogens is 1. The Hall–Kier alpha value is -1.55. The SMILES string of the molecule is COc1ccc(NCc2ccccc2Br)cn1. The summed E-state index contributed by atoms with van der Waals surface area (Å²) >= 11 is 3.52. The van der Waals surface area contributed by atoms with Crippen molar-refractivity contribution in [3.8, 4) is 5.88 Å². The second-order valence-electron chi connectivity index (χ2n) is 3.53. The highest BCUT2D eigenvalue weighted by molar-refractivity contribution is 9.10. The lowest BCUT2D eigenvalue weighted by Gasteiger charge is -2.08. The van der Waals surface area contributed by atoms with Crippen LogP contribution in [-0.4, -0.2) is 12.1 Å². The number of hydrogen-bond donors (Lipinski definition) is 1. The van der Waals surface area contributed by atoms with E-state index in [1.807, 2.05) is 30.3 Å². The lowest BCUT2D eigenvalue weighted by molar-refractivity contribution is 0.398. The number of nitrogens with one attached hydrogen (secondary N) is 1. The number of methoxy groups -OCH3 is 1. The van der Waals surface area contributed by atoms with Crippen LogP contribution in [-0.2, 0) is 6.54 Å². The number of pyridine rings is 1. The lowest BCUT2D eigenvalue weighted by atomic mass is 10.2. The Morgan fingerprint density at radius 3 is 2.71 bits per heavy atom. The topological polar surface area (TPSA) is 34.1 Å². The summed E-state index contributed by atoms with van der Waals surface area (Å²) in [6.07, 6.45) is 1.76. The number of hydrogen-bond acceptors (Lipinski definition) is 3. The second-order valence-corrected chi connectivity index (χ2v) is 4.39. The van der Waals surface area contributed by atoms with Crippen LogP contribution in [0, 0.1) is 0 Å². The Bertz CT molecular complexity index is 485. The van der Waals surface area contributed by atoms with Gasteiger partial charge in [0, 0.05) is 17.1 Å². The normalized spacial score (nSPS) is 10.0. The number of rotatable bonds is 4.